The van der Waals surface area contributed by atoms with Crippen LogP contribution in [0.5, 0.6) is 0 Å². The molecular formula is C11H9ClN2O. The van der Waals surface area contributed by atoms with E-state index in [0.717, 1.165) is 16.5 Å². The van der Waals surface area contributed by atoms with Crippen molar-refractivity contribution < 1.29 is 4.79 Å². The number of fused-ring (bicyclic) bond motifs is 1. The molecule has 0 aliphatic heterocycles. The number of carbonyl (C=O) groups excluding carboxylic acids is 1. The lowest BCUT2D eigenvalue weighted by atomic mass is 10.1. The molecule has 1 aromatic heterocycles. The Morgan fingerprint density at radius 2 is 2.20 bits per heavy atom. The third kappa shape index (κ3) is 1.92. The Bertz CT molecular complexity index is 525. The molecule has 0 spiro atoms. The summed E-state index contributed by atoms with van der Waals surface area (Å²) in [4.78, 5) is 14.5. The highest BCUT2D eigenvalue weighted by Gasteiger charge is 2.02. The van der Waals surface area contributed by atoms with Gasteiger partial charge in [-0.05, 0) is 30.7 Å². The number of pyridine rings is 1. The number of anilines is 1. The van der Waals surface area contributed by atoms with E-state index in [9.17, 15) is 4.79 Å². The Morgan fingerprint density at radius 1 is 1.40 bits per heavy atom. The zero-order chi connectivity index (χ0) is 10.8. The highest BCUT2D eigenvalue weighted by atomic mass is 35.5. The number of amides is 1. The summed E-state index contributed by atoms with van der Waals surface area (Å²) < 4.78 is 0. The van der Waals surface area contributed by atoms with Crippen molar-refractivity contribution in [2.45, 2.75) is 6.92 Å². The van der Waals surface area contributed by atoms with Gasteiger partial charge in [-0.3, -0.25) is 4.79 Å². The second-order valence-corrected chi connectivity index (χ2v) is 3.64. The third-order valence-electron chi connectivity index (χ3n) is 2.21. The molecule has 2 aromatic rings. The third-order valence-corrected chi connectivity index (χ3v) is 2.40. The molecule has 0 radical (unpaired) electrons. The normalized spacial score (nSPS) is 10.3. The summed E-state index contributed by atoms with van der Waals surface area (Å²) in [6, 6.07) is 7.36. The topological polar surface area (TPSA) is 42.0 Å². The molecule has 1 aromatic carbocycles. The number of hydrogen-bond acceptors (Lipinski definition) is 2. The maximum Gasteiger partial charge on any atom is 0.211 e. The van der Waals surface area contributed by atoms with Crippen molar-refractivity contribution in [3.8, 4) is 0 Å². The van der Waals surface area contributed by atoms with E-state index in [2.05, 4.69) is 10.3 Å². The van der Waals surface area contributed by atoms with Gasteiger partial charge in [-0.2, -0.15) is 0 Å². The van der Waals surface area contributed by atoms with Crippen molar-refractivity contribution in [2.75, 3.05) is 5.32 Å². The van der Waals surface area contributed by atoms with Gasteiger partial charge in [0.15, 0.2) is 0 Å². The molecule has 0 saturated heterocycles. The molecule has 3 nitrogen and oxygen atoms in total. The highest BCUT2D eigenvalue weighted by molar-refractivity contribution is 6.29. The van der Waals surface area contributed by atoms with E-state index in [-0.39, 0.29) is 0 Å². The van der Waals surface area contributed by atoms with E-state index < -0.39 is 0 Å². The maximum absolute atomic E-state index is 10.3. The molecule has 0 aliphatic rings. The number of benzene rings is 1. The SMILES string of the molecule is Cc1cc(Cl)nc2cc(NC=O)ccc12. The summed E-state index contributed by atoms with van der Waals surface area (Å²) in [5.74, 6) is 0. The van der Waals surface area contributed by atoms with Gasteiger partial charge in [-0.15, -0.1) is 0 Å². The fourth-order valence-electron chi connectivity index (χ4n) is 1.52. The van der Waals surface area contributed by atoms with Crippen LogP contribution in [0.2, 0.25) is 5.15 Å². The van der Waals surface area contributed by atoms with Crippen LogP contribution in [0.25, 0.3) is 10.9 Å². The van der Waals surface area contributed by atoms with Crippen LogP contribution >= 0.6 is 11.6 Å². The van der Waals surface area contributed by atoms with E-state index in [0.29, 0.717) is 17.3 Å². The van der Waals surface area contributed by atoms with Gasteiger partial charge >= 0.3 is 0 Å². The fraction of sp³-hybridized carbons (Fsp3) is 0.0909. The molecule has 15 heavy (non-hydrogen) atoms. The standard InChI is InChI=1S/C11H9ClN2O/c1-7-4-11(12)14-10-5-8(13-6-15)2-3-9(7)10/h2-6H,1H3,(H,13,15). The average molecular weight is 221 g/mol. The molecule has 1 N–H and O–H groups in total. The first-order valence-corrected chi connectivity index (χ1v) is 4.85. The first-order chi connectivity index (χ1) is 7.20. The van der Waals surface area contributed by atoms with Crippen LogP contribution in [-0.2, 0) is 4.79 Å². The van der Waals surface area contributed by atoms with Crippen LogP contribution in [-0.4, -0.2) is 11.4 Å². The Kier molecular flexibility index (Phi) is 2.56. The number of hydrogen-bond donors (Lipinski definition) is 1. The summed E-state index contributed by atoms with van der Waals surface area (Å²) in [6.07, 6.45) is 0.637. The second kappa shape index (κ2) is 3.87. The Labute approximate surface area is 92.1 Å². The molecule has 1 heterocycles. The molecule has 1 amide bonds. The van der Waals surface area contributed by atoms with E-state index in [1.54, 1.807) is 6.07 Å². The van der Waals surface area contributed by atoms with Crippen molar-refractivity contribution in [3.63, 3.8) is 0 Å². The molecule has 0 aliphatic carbocycles. The predicted octanol–water partition coefficient (Wildman–Crippen LogP) is 2.76. The summed E-state index contributed by atoms with van der Waals surface area (Å²) in [6.45, 7) is 1.97. The summed E-state index contributed by atoms with van der Waals surface area (Å²) in [5, 5.41) is 4.07. The minimum absolute atomic E-state index is 0.461. The summed E-state index contributed by atoms with van der Waals surface area (Å²) >= 11 is 5.85. The van der Waals surface area contributed by atoms with Crippen LogP contribution in [0.3, 0.4) is 0 Å². The van der Waals surface area contributed by atoms with Gasteiger partial charge in [0.05, 0.1) is 5.52 Å². The number of carbonyl (C=O) groups is 1. The van der Waals surface area contributed by atoms with E-state index >= 15 is 0 Å². The molecule has 0 atom stereocenters. The van der Waals surface area contributed by atoms with Gasteiger partial charge in [0, 0.05) is 11.1 Å². The lowest BCUT2D eigenvalue weighted by Crippen LogP contribution is -1.94. The first kappa shape index (κ1) is 9.93. The van der Waals surface area contributed by atoms with E-state index in [1.807, 2.05) is 25.1 Å². The smallest absolute Gasteiger partial charge is 0.211 e. The number of nitrogens with zero attached hydrogens (tertiary/aromatic N) is 1. The minimum Gasteiger partial charge on any atom is -0.329 e. The first-order valence-electron chi connectivity index (χ1n) is 4.48. The van der Waals surface area contributed by atoms with Gasteiger partial charge in [0.25, 0.3) is 0 Å². The van der Waals surface area contributed by atoms with Crippen molar-refractivity contribution in [2.24, 2.45) is 0 Å². The number of rotatable bonds is 2. The largest absolute Gasteiger partial charge is 0.329 e. The molecule has 2 rings (SSSR count). The van der Waals surface area contributed by atoms with Crippen molar-refractivity contribution in [1.82, 2.24) is 4.98 Å². The molecule has 0 fully saturated rings. The lowest BCUT2D eigenvalue weighted by molar-refractivity contribution is -0.105. The van der Waals surface area contributed by atoms with E-state index in [1.165, 1.54) is 0 Å². The van der Waals surface area contributed by atoms with Gasteiger partial charge in [-0.25, -0.2) is 4.98 Å². The molecule has 76 valence electrons. The second-order valence-electron chi connectivity index (χ2n) is 3.26. The quantitative estimate of drug-likeness (QED) is 0.625. The molecule has 0 unspecified atom stereocenters. The van der Waals surface area contributed by atoms with Crippen molar-refractivity contribution in [1.29, 1.82) is 0 Å². The molecular weight excluding hydrogens is 212 g/mol. The monoisotopic (exact) mass is 220 g/mol. The summed E-state index contributed by atoms with van der Waals surface area (Å²) in [5.41, 5.74) is 2.57. The average Bonchev–Trinajstić information content (AvgIpc) is 2.17. The van der Waals surface area contributed by atoms with Gasteiger partial charge in [0.2, 0.25) is 6.41 Å². The van der Waals surface area contributed by atoms with Gasteiger partial charge < -0.3 is 5.32 Å². The van der Waals surface area contributed by atoms with Crippen LogP contribution < -0.4 is 5.32 Å². The number of aryl methyl sites for hydroxylation is 1. The van der Waals surface area contributed by atoms with Crippen molar-refractivity contribution >= 4 is 34.6 Å². The zero-order valence-corrected chi connectivity index (χ0v) is 8.88. The number of nitrogens with one attached hydrogen (secondary N) is 1. The Hall–Kier alpha value is -1.61. The van der Waals surface area contributed by atoms with Gasteiger partial charge in [-0.1, -0.05) is 17.7 Å². The van der Waals surface area contributed by atoms with Crippen molar-refractivity contribution in [3.05, 3.63) is 35.0 Å². The minimum atomic E-state index is 0.461. The molecule has 0 bridgehead atoms. The van der Waals surface area contributed by atoms with Gasteiger partial charge in [0.1, 0.15) is 5.15 Å². The van der Waals surface area contributed by atoms with Crippen LogP contribution in [0.1, 0.15) is 5.56 Å². The Balaban J connectivity index is 2.65. The predicted molar refractivity (Wildman–Crippen MR) is 61.2 cm³/mol. The molecule has 0 saturated carbocycles. The van der Waals surface area contributed by atoms with Crippen LogP contribution in [0, 0.1) is 6.92 Å². The highest BCUT2D eigenvalue weighted by Crippen LogP contribution is 2.22. The maximum atomic E-state index is 10.3. The number of halogens is 1. The number of aromatic nitrogens is 1. The van der Waals surface area contributed by atoms with Crippen LogP contribution in [0.15, 0.2) is 24.3 Å². The van der Waals surface area contributed by atoms with E-state index in [4.69, 9.17) is 11.6 Å². The van der Waals surface area contributed by atoms with Crippen LogP contribution in [0.4, 0.5) is 5.69 Å². The molecule has 4 heteroatoms. The lowest BCUT2D eigenvalue weighted by Gasteiger charge is -2.04. The Morgan fingerprint density at radius 3 is 2.93 bits per heavy atom. The fourth-order valence-corrected chi connectivity index (χ4v) is 1.77. The zero-order valence-electron chi connectivity index (χ0n) is 8.12. The summed E-state index contributed by atoms with van der Waals surface area (Å²) in [7, 11) is 0.